The number of fused-ring (bicyclic) bond motifs is 1. The number of aliphatic hydroxyl groups excluding tert-OH is 2. The van der Waals surface area contributed by atoms with Crippen molar-refractivity contribution < 1.29 is 23.4 Å². The fraction of sp³-hybridized carbons (Fsp3) is 0.450. The Hall–Kier alpha value is -2.50. The fourth-order valence-electron chi connectivity index (χ4n) is 3.57. The Kier molecular flexibility index (Phi) is 5.75. The molecule has 1 fully saturated rings. The molecule has 0 amide bonds. The smallest absolute Gasteiger partial charge is 0.396 e. The van der Waals surface area contributed by atoms with E-state index in [2.05, 4.69) is 25.6 Å². The van der Waals surface area contributed by atoms with Crippen LogP contribution < -0.4 is 10.6 Å². The van der Waals surface area contributed by atoms with E-state index in [0.29, 0.717) is 35.0 Å². The largest absolute Gasteiger partial charge is 0.405 e. The number of thiazole rings is 1. The molecule has 0 bridgehead atoms. The third-order valence-corrected chi connectivity index (χ3v) is 6.60. The Morgan fingerprint density at radius 1 is 1.13 bits per heavy atom. The maximum Gasteiger partial charge on any atom is 0.405 e. The first-order valence-corrected chi connectivity index (χ1v) is 10.6. The molecule has 4 N–H and O–H groups in total. The number of nitrogens with zero attached hydrogens (tertiary/aromatic N) is 3. The summed E-state index contributed by atoms with van der Waals surface area (Å²) in [5, 5.41) is 25.1. The SMILES string of the molecule is Cc1nc(NCC(F)(F)F)nc(NC[C@@H]2CC2(CO)CO)c1-c1nc2ccccc2s1. The van der Waals surface area contributed by atoms with E-state index in [1.54, 1.807) is 6.92 Å². The number of alkyl halides is 3. The first-order valence-electron chi connectivity index (χ1n) is 9.75. The van der Waals surface area contributed by atoms with Crippen LogP contribution in [-0.2, 0) is 0 Å². The Bertz CT molecular complexity index is 1050. The molecular weight excluding hydrogens is 431 g/mol. The van der Waals surface area contributed by atoms with Gasteiger partial charge in [0, 0.05) is 12.0 Å². The van der Waals surface area contributed by atoms with Crippen LogP contribution >= 0.6 is 11.3 Å². The predicted molar refractivity (Wildman–Crippen MR) is 113 cm³/mol. The van der Waals surface area contributed by atoms with Crippen molar-refractivity contribution in [3.63, 3.8) is 0 Å². The molecular formula is C20H22F3N5O2S. The molecule has 0 unspecified atom stereocenters. The van der Waals surface area contributed by atoms with Crippen molar-refractivity contribution in [3.05, 3.63) is 30.0 Å². The van der Waals surface area contributed by atoms with E-state index < -0.39 is 18.1 Å². The molecule has 166 valence electrons. The zero-order chi connectivity index (χ0) is 22.2. The second-order valence-corrected chi connectivity index (χ2v) is 8.80. The van der Waals surface area contributed by atoms with Crippen LogP contribution in [0.15, 0.2) is 24.3 Å². The number of hydrogen-bond acceptors (Lipinski definition) is 8. The molecule has 0 spiro atoms. The molecule has 31 heavy (non-hydrogen) atoms. The zero-order valence-corrected chi connectivity index (χ0v) is 17.5. The van der Waals surface area contributed by atoms with Crippen LogP contribution in [0.5, 0.6) is 0 Å². The van der Waals surface area contributed by atoms with Gasteiger partial charge in [-0.15, -0.1) is 11.3 Å². The lowest BCUT2D eigenvalue weighted by atomic mass is 10.1. The number of rotatable bonds is 8. The number of para-hydroxylation sites is 1. The van der Waals surface area contributed by atoms with E-state index >= 15 is 0 Å². The van der Waals surface area contributed by atoms with Crippen molar-refractivity contribution in [2.24, 2.45) is 11.3 Å². The van der Waals surface area contributed by atoms with Crippen molar-refractivity contribution in [2.45, 2.75) is 19.5 Å². The predicted octanol–water partition coefficient (Wildman–Crippen LogP) is 3.44. The van der Waals surface area contributed by atoms with Crippen LogP contribution in [0.1, 0.15) is 12.1 Å². The van der Waals surface area contributed by atoms with Crippen LogP contribution in [0.3, 0.4) is 0 Å². The summed E-state index contributed by atoms with van der Waals surface area (Å²) in [6, 6.07) is 7.63. The summed E-state index contributed by atoms with van der Waals surface area (Å²) in [6.07, 6.45) is -3.74. The van der Waals surface area contributed by atoms with Gasteiger partial charge in [0.1, 0.15) is 17.4 Å². The van der Waals surface area contributed by atoms with Gasteiger partial charge < -0.3 is 20.8 Å². The van der Waals surface area contributed by atoms with Gasteiger partial charge >= 0.3 is 6.18 Å². The molecule has 2 aromatic heterocycles. The number of aryl methyl sites for hydroxylation is 1. The molecule has 11 heteroatoms. The number of nitrogens with one attached hydrogen (secondary N) is 2. The summed E-state index contributed by atoms with van der Waals surface area (Å²) in [6.45, 7) is 0.626. The highest BCUT2D eigenvalue weighted by Gasteiger charge is 2.53. The highest BCUT2D eigenvalue weighted by Crippen LogP contribution is 2.51. The molecule has 1 saturated carbocycles. The summed E-state index contributed by atoms with van der Waals surface area (Å²) in [4.78, 5) is 13.1. The average Bonchev–Trinajstić information content (AvgIpc) is 3.28. The number of aromatic nitrogens is 3. The van der Waals surface area contributed by atoms with E-state index in [-0.39, 0.29) is 25.1 Å². The van der Waals surface area contributed by atoms with Crippen molar-refractivity contribution in [3.8, 4) is 10.6 Å². The lowest BCUT2D eigenvalue weighted by molar-refractivity contribution is -0.115. The number of aliphatic hydroxyl groups is 2. The number of hydrogen-bond donors (Lipinski definition) is 4. The minimum absolute atomic E-state index is 0.0348. The molecule has 3 aromatic rings. The molecule has 1 atom stereocenters. The molecule has 0 saturated heterocycles. The minimum Gasteiger partial charge on any atom is -0.396 e. The van der Waals surface area contributed by atoms with Gasteiger partial charge in [-0.3, -0.25) is 0 Å². The fourth-order valence-corrected chi connectivity index (χ4v) is 4.64. The van der Waals surface area contributed by atoms with Crippen LogP contribution in [-0.4, -0.2) is 57.6 Å². The van der Waals surface area contributed by atoms with E-state index in [4.69, 9.17) is 0 Å². The van der Waals surface area contributed by atoms with Gasteiger partial charge in [-0.05, 0) is 31.4 Å². The molecule has 1 aliphatic carbocycles. The maximum absolute atomic E-state index is 12.6. The standard InChI is InChI=1S/C20H22F3N5O2S/c1-11-15(17-27-13-4-2-3-5-14(13)31-17)16(24-7-12-6-19(12,9-29)10-30)28-18(26-11)25-8-20(21,22)23/h2-5,12,29-30H,6-10H2,1H3,(H2,24,25,26,28)/t12-/m0/s1. The van der Waals surface area contributed by atoms with E-state index in [1.807, 2.05) is 24.3 Å². The van der Waals surface area contributed by atoms with E-state index in [0.717, 1.165) is 10.2 Å². The second kappa shape index (κ2) is 8.21. The monoisotopic (exact) mass is 453 g/mol. The molecule has 0 radical (unpaired) electrons. The summed E-state index contributed by atoms with van der Waals surface area (Å²) in [5.41, 5.74) is 1.40. The van der Waals surface area contributed by atoms with E-state index in [9.17, 15) is 23.4 Å². The number of halogens is 3. The Labute approximate surface area is 180 Å². The average molecular weight is 453 g/mol. The van der Waals surface area contributed by atoms with Crippen molar-refractivity contribution in [1.82, 2.24) is 15.0 Å². The first-order chi connectivity index (χ1) is 14.7. The summed E-state index contributed by atoms with van der Waals surface area (Å²) in [7, 11) is 0. The summed E-state index contributed by atoms with van der Waals surface area (Å²) in [5.74, 6) is 0.272. The topological polar surface area (TPSA) is 103 Å². The summed E-state index contributed by atoms with van der Waals surface area (Å²) >= 11 is 1.45. The van der Waals surface area contributed by atoms with Gasteiger partial charge in [0.05, 0.1) is 34.7 Å². The highest BCUT2D eigenvalue weighted by atomic mass is 32.1. The second-order valence-electron chi connectivity index (χ2n) is 7.77. The maximum atomic E-state index is 12.6. The molecule has 2 heterocycles. The van der Waals surface area contributed by atoms with Crippen LogP contribution in [0.25, 0.3) is 20.8 Å². The third kappa shape index (κ3) is 4.58. The van der Waals surface area contributed by atoms with Crippen LogP contribution in [0, 0.1) is 18.3 Å². The minimum atomic E-state index is -4.40. The lowest BCUT2D eigenvalue weighted by Crippen LogP contribution is -2.23. The van der Waals surface area contributed by atoms with Crippen molar-refractivity contribution in [1.29, 1.82) is 0 Å². The quantitative estimate of drug-likeness (QED) is 0.414. The first kappa shape index (κ1) is 21.7. The van der Waals surface area contributed by atoms with Gasteiger partial charge in [0.2, 0.25) is 5.95 Å². The summed E-state index contributed by atoms with van der Waals surface area (Å²) < 4.78 is 38.9. The normalized spacial score (nSPS) is 17.7. The molecule has 4 rings (SSSR count). The van der Waals surface area contributed by atoms with Gasteiger partial charge in [-0.1, -0.05) is 12.1 Å². The van der Waals surface area contributed by atoms with Crippen molar-refractivity contribution in [2.75, 3.05) is 36.9 Å². The molecule has 0 aliphatic heterocycles. The molecule has 1 aromatic carbocycles. The zero-order valence-electron chi connectivity index (χ0n) is 16.7. The number of anilines is 2. The number of benzene rings is 1. The van der Waals surface area contributed by atoms with Gasteiger partial charge in [-0.2, -0.15) is 18.2 Å². The van der Waals surface area contributed by atoms with Gasteiger partial charge in [0.25, 0.3) is 0 Å². The lowest BCUT2D eigenvalue weighted by Gasteiger charge is -2.16. The van der Waals surface area contributed by atoms with E-state index in [1.165, 1.54) is 11.3 Å². The molecule has 7 nitrogen and oxygen atoms in total. The Morgan fingerprint density at radius 2 is 1.87 bits per heavy atom. The third-order valence-electron chi connectivity index (χ3n) is 5.55. The van der Waals surface area contributed by atoms with Crippen LogP contribution in [0.4, 0.5) is 24.9 Å². The molecule has 1 aliphatic rings. The van der Waals surface area contributed by atoms with Gasteiger partial charge in [-0.25, -0.2) is 9.97 Å². The Balaban J connectivity index is 1.67. The Morgan fingerprint density at radius 3 is 2.52 bits per heavy atom. The van der Waals surface area contributed by atoms with Gasteiger partial charge in [0.15, 0.2) is 0 Å². The van der Waals surface area contributed by atoms with Crippen molar-refractivity contribution >= 4 is 33.3 Å². The van der Waals surface area contributed by atoms with Crippen LogP contribution in [0.2, 0.25) is 0 Å². The highest BCUT2D eigenvalue weighted by molar-refractivity contribution is 7.21.